The normalized spacial score (nSPS) is 19.8. The van der Waals surface area contributed by atoms with Crippen molar-refractivity contribution in [2.24, 2.45) is 0 Å². The van der Waals surface area contributed by atoms with Gasteiger partial charge in [0.15, 0.2) is 0 Å². The largest absolute Gasteiger partial charge is 0.507 e. The molecule has 2 aromatic heterocycles. The first-order valence-electron chi connectivity index (χ1n) is 16.3. The summed E-state index contributed by atoms with van der Waals surface area (Å²) in [6, 6.07) is 37.0. The van der Waals surface area contributed by atoms with Gasteiger partial charge in [0.05, 0.1) is 5.69 Å². The fourth-order valence-electron chi connectivity index (χ4n) is 6.32. The van der Waals surface area contributed by atoms with Crippen molar-refractivity contribution < 1.29 is 28.0 Å². The molecule has 3 nitrogen and oxygen atoms in total. The molecule has 0 spiro atoms. The van der Waals surface area contributed by atoms with Crippen LogP contribution in [0, 0.1) is 26.8 Å². The van der Waals surface area contributed by atoms with Crippen molar-refractivity contribution in [1.29, 1.82) is 0 Å². The van der Waals surface area contributed by atoms with E-state index < -0.39 is 11.8 Å². The molecule has 4 aromatic carbocycles. The maximum Gasteiger partial charge on any atom is 0.124 e. The molecule has 1 aliphatic carbocycles. The number of para-hydroxylation sites is 1. The molecule has 0 bridgehead atoms. The number of aromatic nitrogens is 2. The minimum atomic E-state index is -0.660. The van der Waals surface area contributed by atoms with E-state index >= 15 is 0 Å². The van der Waals surface area contributed by atoms with Crippen molar-refractivity contribution in [3.05, 3.63) is 149 Å². The Hall–Kier alpha value is -4.11. The Morgan fingerprint density at radius 3 is 2.13 bits per heavy atom. The maximum absolute atomic E-state index is 9.52. The number of phenolic OH excluding ortho intramolecular Hbond substituents is 1. The monoisotopic (exact) mass is 770 g/mol. The van der Waals surface area contributed by atoms with Crippen LogP contribution in [0.25, 0.3) is 33.3 Å². The SMILES string of the molecule is Oc1ccccc1-c1ccccn1.[2H]C1(c2ccccc2)CCC([2H])(c2ccc3c(-c4[c-]c(C)cc(C)c4)nccc3c2C)CC1.[Ir]. The standard InChI is InChI=1S/C30H30N.C11H9NO.Ir/c1-20-17-21(2)19-26(18-20)30-29-14-13-27(22(3)28(29)15-16-31-30)25-11-9-24(10-12-25)23-7-5-4-6-8-23;13-11-7-2-1-5-9(11)10-6-3-4-8-12-10;/h4-8,13-18,24-25H,9-12H2,1-3H3;1-8,13H;/q-1;;/i24D,25D;;. The van der Waals surface area contributed by atoms with Crippen LogP contribution in [0.1, 0.15) is 68.0 Å². The number of phenols is 1. The average molecular weight is 770 g/mol. The van der Waals surface area contributed by atoms with Gasteiger partial charge in [0.25, 0.3) is 0 Å². The molecule has 1 N–H and O–H groups in total. The minimum absolute atomic E-state index is 0. The van der Waals surface area contributed by atoms with E-state index in [1.165, 1.54) is 5.56 Å². The van der Waals surface area contributed by atoms with E-state index in [0.29, 0.717) is 25.7 Å². The first kappa shape index (κ1) is 29.6. The van der Waals surface area contributed by atoms with Gasteiger partial charge in [-0.1, -0.05) is 74.5 Å². The summed E-state index contributed by atoms with van der Waals surface area (Å²) in [4.78, 5) is 8.86. The molecule has 0 amide bonds. The van der Waals surface area contributed by atoms with Crippen molar-refractivity contribution in [1.82, 2.24) is 9.97 Å². The molecule has 1 saturated carbocycles. The molecule has 0 aliphatic heterocycles. The van der Waals surface area contributed by atoms with Gasteiger partial charge in [-0.05, 0) is 108 Å². The van der Waals surface area contributed by atoms with E-state index in [0.717, 1.165) is 55.5 Å². The van der Waals surface area contributed by atoms with Gasteiger partial charge in [0.1, 0.15) is 5.75 Å². The van der Waals surface area contributed by atoms with Gasteiger partial charge in [0, 0.05) is 40.8 Å². The molecule has 7 rings (SSSR count). The third-order valence-electron chi connectivity index (χ3n) is 8.48. The zero-order chi connectivity index (χ0) is 32.3. The summed E-state index contributed by atoms with van der Waals surface area (Å²) < 4.78 is 18.4. The van der Waals surface area contributed by atoms with Gasteiger partial charge in [-0.3, -0.25) is 4.98 Å². The second kappa shape index (κ2) is 14.8. The topological polar surface area (TPSA) is 46.0 Å². The van der Waals surface area contributed by atoms with Crippen LogP contribution in [0.5, 0.6) is 5.75 Å². The van der Waals surface area contributed by atoms with Gasteiger partial charge < -0.3 is 10.1 Å². The number of pyridine rings is 2. The van der Waals surface area contributed by atoms with Crippen LogP contribution in [0.3, 0.4) is 0 Å². The number of rotatable bonds is 4. The second-order valence-corrected chi connectivity index (χ2v) is 11.6. The summed E-state index contributed by atoms with van der Waals surface area (Å²) in [7, 11) is 0. The molecule has 0 atom stereocenters. The number of fused-ring (bicyclic) bond motifs is 1. The second-order valence-electron chi connectivity index (χ2n) is 11.6. The van der Waals surface area contributed by atoms with E-state index in [1.807, 2.05) is 54.7 Å². The number of benzene rings is 4. The Bertz CT molecular complexity index is 1950. The third kappa shape index (κ3) is 7.41. The molecule has 1 fully saturated rings. The quantitative estimate of drug-likeness (QED) is 0.182. The van der Waals surface area contributed by atoms with Gasteiger partial charge in [-0.2, -0.15) is 0 Å². The molecule has 1 aliphatic rings. The summed E-state index contributed by atoms with van der Waals surface area (Å²) in [5.41, 5.74) is 9.17. The Balaban J connectivity index is 0.000000260. The zero-order valence-electron chi connectivity index (χ0n) is 28.0. The summed E-state index contributed by atoms with van der Waals surface area (Å²) in [5.74, 6) is -0.985. The average Bonchev–Trinajstić information content (AvgIpc) is 3.07. The van der Waals surface area contributed by atoms with E-state index in [2.05, 4.69) is 74.3 Å². The van der Waals surface area contributed by atoms with E-state index in [9.17, 15) is 6.48 Å². The molecule has 1 radical (unpaired) electrons. The van der Waals surface area contributed by atoms with E-state index in [1.54, 1.807) is 18.3 Å². The predicted molar refractivity (Wildman–Crippen MR) is 182 cm³/mol. The first-order valence-corrected chi connectivity index (χ1v) is 15.3. The predicted octanol–water partition coefficient (Wildman–Crippen LogP) is 10.5. The van der Waals surface area contributed by atoms with Crippen LogP contribution >= 0.6 is 0 Å². The molecule has 2 heterocycles. The van der Waals surface area contributed by atoms with Crippen molar-refractivity contribution in [3.8, 4) is 28.3 Å². The Morgan fingerprint density at radius 1 is 0.711 bits per heavy atom. The summed E-state index contributed by atoms with van der Waals surface area (Å²) in [6.45, 7) is 6.32. The molecular formula is C41H39IrN2O-. The van der Waals surface area contributed by atoms with Crippen molar-refractivity contribution in [3.63, 3.8) is 0 Å². The van der Waals surface area contributed by atoms with Crippen molar-refractivity contribution >= 4 is 10.8 Å². The van der Waals surface area contributed by atoms with Gasteiger partial charge in [-0.15, -0.1) is 34.9 Å². The molecular weight excluding hydrogens is 729 g/mol. The van der Waals surface area contributed by atoms with Gasteiger partial charge >= 0.3 is 0 Å². The van der Waals surface area contributed by atoms with Crippen LogP contribution in [-0.4, -0.2) is 15.1 Å². The van der Waals surface area contributed by atoms with Crippen LogP contribution in [0.2, 0.25) is 0 Å². The zero-order valence-corrected chi connectivity index (χ0v) is 28.4. The summed E-state index contributed by atoms with van der Waals surface area (Å²) in [6.07, 6.45) is 6.39. The molecule has 0 unspecified atom stereocenters. The summed E-state index contributed by atoms with van der Waals surface area (Å²) in [5, 5.41) is 11.8. The minimum Gasteiger partial charge on any atom is -0.507 e. The summed E-state index contributed by atoms with van der Waals surface area (Å²) >= 11 is 0. The number of hydrogen-bond donors (Lipinski definition) is 1. The van der Waals surface area contributed by atoms with Crippen LogP contribution in [-0.2, 0) is 20.1 Å². The number of aryl methyl sites for hydroxylation is 3. The number of nitrogens with zero attached hydrogens (tertiary/aromatic N) is 2. The molecule has 4 heteroatoms. The Morgan fingerprint density at radius 2 is 1.42 bits per heavy atom. The van der Waals surface area contributed by atoms with E-state index in [-0.39, 0.29) is 25.9 Å². The first-order chi connectivity index (χ1) is 22.2. The Kier molecular flexibility index (Phi) is 9.72. The van der Waals surface area contributed by atoms with Gasteiger partial charge in [-0.25, -0.2) is 0 Å². The van der Waals surface area contributed by atoms with E-state index in [4.69, 9.17) is 6.35 Å². The van der Waals surface area contributed by atoms with Crippen LogP contribution < -0.4 is 0 Å². The third-order valence-corrected chi connectivity index (χ3v) is 8.48. The van der Waals surface area contributed by atoms with Crippen molar-refractivity contribution in [2.45, 2.75) is 58.2 Å². The van der Waals surface area contributed by atoms with Crippen molar-refractivity contribution in [2.75, 3.05) is 0 Å². The van der Waals surface area contributed by atoms with Crippen LogP contribution in [0.4, 0.5) is 0 Å². The maximum atomic E-state index is 9.52. The number of hydrogen-bond acceptors (Lipinski definition) is 3. The molecule has 45 heavy (non-hydrogen) atoms. The van der Waals surface area contributed by atoms with Crippen LogP contribution in [0.15, 0.2) is 116 Å². The molecule has 0 saturated heterocycles. The number of aromatic hydroxyl groups is 1. The smallest absolute Gasteiger partial charge is 0.124 e. The molecule has 6 aromatic rings. The fraction of sp³-hybridized carbons (Fsp3) is 0.220. The Labute approximate surface area is 283 Å². The fourth-order valence-corrected chi connectivity index (χ4v) is 6.32. The molecule has 229 valence electrons. The van der Waals surface area contributed by atoms with Gasteiger partial charge in [0.2, 0.25) is 0 Å².